The van der Waals surface area contributed by atoms with Crippen molar-refractivity contribution in [3.63, 3.8) is 0 Å². The van der Waals surface area contributed by atoms with Crippen LogP contribution in [-0.4, -0.2) is 86.0 Å². The Bertz CT molecular complexity index is 1050. The van der Waals surface area contributed by atoms with E-state index in [4.69, 9.17) is 5.73 Å². The number of anilines is 1. The van der Waals surface area contributed by atoms with Crippen LogP contribution in [0.15, 0.2) is 24.3 Å². The minimum Gasteiger partial charge on any atom is -0.325 e. The molecule has 5 atom stereocenters. The molecule has 11 nitrogen and oxygen atoms in total. The summed E-state index contributed by atoms with van der Waals surface area (Å²) in [5, 5.41) is 23.1. The Morgan fingerprint density at radius 2 is 2.09 bits per heavy atom. The van der Waals surface area contributed by atoms with E-state index in [0.717, 1.165) is 17.7 Å². The van der Waals surface area contributed by atoms with Gasteiger partial charge in [0.25, 0.3) is 0 Å². The molecular weight excluding hydrogens is 410 g/mol. The summed E-state index contributed by atoms with van der Waals surface area (Å²) in [5.74, 6) is 0.687. The average Bonchev–Trinajstić information content (AvgIpc) is 3.57. The zero-order chi connectivity index (χ0) is 22.4. The Hall–Kier alpha value is -3.36. The van der Waals surface area contributed by atoms with Gasteiger partial charge in [-0.15, -0.1) is 5.10 Å². The van der Waals surface area contributed by atoms with E-state index in [1.54, 1.807) is 4.90 Å². The summed E-state index contributed by atoms with van der Waals surface area (Å²) in [4.78, 5) is 31.4. The number of aromatic nitrogens is 4. The summed E-state index contributed by atoms with van der Waals surface area (Å²) < 4.78 is 0. The number of carbonyl (C=O) groups is 2. The van der Waals surface area contributed by atoms with Crippen LogP contribution in [0.4, 0.5) is 5.69 Å². The number of hydrogen-bond acceptors (Lipinski definition) is 8. The molecule has 4 unspecified atom stereocenters. The molecule has 166 valence electrons. The van der Waals surface area contributed by atoms with Crippen molar-refractivity contribution in [1.29, 1.82) is 5.26 Å². The number of piperazine rings is 1. The van der Waals surface area contributed by atoms with Crippen molar-refractivity contribution >= 4 is 17.5 Å². The SMILES string of the molecule is CC1CC(C#N)N(C(=O)C(N)CN2C[C@@H]3CC2C(=O)N3c2ccc(-c3nnn[nH]3)cc2)C1. The predicted molar refractivity (Wildman–Crippen MR) is 114 cm³/mol. The lowest BCUT2D eigenvalue weighted by Crippen LogP contribution is -2.56. The van der Waals surface area contributed by atoms with Crippen molar-refractivity contribution in [2.75, 3.05) is 24.5 Å². The van der Waals surface area contributed by atoms with E-state index in [0.29, 0.717) is 37.8 Å². The first-order chi connectivity index (χ1) is 15.5. The number of hydrogen-bond donors (Lipinski definition) is 2. The fourth-order valence-corrected chi connectivity index (χ4v) is 5.22. The Morgan fingerprint density at radius 3 is 2.75 bits per heavy atom. The van der Waals surface area contributed by atoms with Crippen molar-refractivity contribution in [1.82, 2.24) is 30.4 Å². The molecule has 3 N–H and O–H groups in total. The molecule has 3 aliphatic rings. The van der Waals surface area contributed by atoms with Crippen LogP contribution in [0.1, 0.15) is 19.8 Å². The van der Waals surface area contributed by atoms with Gasteiger partial charge in [0.05, 0.1) is 24.2 Å². The van der Waals surface area contributed by atoms with Crippen molar-refractivity contribution in [3.8, 4) is 17.5 Å². The molecule has 1 aromatic heterocycles. The third kappa shape index (κ3) is 3.41. The number of nitriles is 1. The number of H-pyrrole nitrogens is 1. The van der Waals surface area contributed by atoms with Crippen LogP contribution in [0, 0.1) is 17.2 Å². The van der Waals surface area contributed by atoms with Gasteiger partial charge < -0.3 is 15.5 Å². The summed E-state index contributed by atoms with van der Waals surface area (Å²) >= 11 is 0. The Balaban J connectivity index is 1.23. The lowest BCUT2D eigenvalue weighted by atomic mass is 10.1. The standard InChI is InChI=1S/C21H25N9O2/c1-12-6-15(8-22)29(9-12)20(31)17(23)11-28-10-16-7-18(28)21(32)30(16)14-4-2-13(3-5-14)19-24-26-27-25-19/h2-5,12,15-18H,6-7,9-11,23H2,1H3,(H,24,25,26,27)/t12?,15?,16-,17?,18?/m0/s1. The number of amides is 2. The summed E-state index contributed by atoms with van der Waals surface area (Å²) in [6.45, 7) is 3.58. The van der Waals surface area contributed by atoms with Gasteiger partial charge in [0.1, 0.15) is 6.04 Å². The van der Waals surface area contributed by atoms with Crippen LogP contribution >= 0.6 is 0 Å². The molecule has 3 saturated heterocycles. The summed E-state index contributed by atoms with van der Waals surface area (Å²) in [6, 6.07) is 8.38. The van der Waals surface area contributed by atoms with Gasteiger partial charge in [0, 0.05) is 30.9 Å². The van der Waals surface area contributed by atoms with Crippen LogP contribution < -0.4 is 10.6 Å². The largest absolute Gasteiger partial charge is 0.325 e. The summed E-state index contributed by atoms with van der Waals surface area (Å²) in [5.41, 5.74) is 7.92. The van der Waals surface area contributed by atoms with Gasteiger partial charge in [0.2, 0.25) is 11.8 Å². The molecule has 2 bridgehead atoms. The van der Waals surface area contributed by atoms with Crippen LogP contribution in [0.25, 0.3) is 11.4 Å². The third-order valence-electron chi connectivity index (χ3n) is 6.72. The van der Waals surface area contributed by atoms with Gasteiger partial charge in [-0.1, -0.05) is 6.92 Å². The highest BCUT2D eigenvalue weighted by molar-refractivity contribution is 6.01. The molecule has 2 aromatic rings. The highest BCUT2D eigenvalue weighted by Gasteiger charge is 2.50. The van der Waals surface area contributed by atoms with E-state index < -0.39 is 12.1 Å². The molecule has 4 heterocycles. The summed E-state index contributed by atoms with van der Waals surface area (Å²) in [7, 11) is 0. The minimum absolute atomic E-state index is 0.0275. The summed E-state index contributed by atoms with van der Waals surface area (Å²) in [6.07, 6.45) is 1.40. The number of fused-ring (bicyclic) bond motifs is 2. The maximum absolute atomic E-state index is 13.1. The maximum Gasteiger partial charge on any atom is 0.244 e. The lowest BCUT2D eigenvalue weighted by Gasteiger charge is -2.35. The Morgan fingerprint density at radius 1 is 1.31 bits per heavy atom. The Labute approximate surface area is 185 Å². The van der Waals surface area contributed by atoms with Crippen molar-refractivity contribution < 1.29 is 9.59 Å². The number of likely N-dealkylation sites (tertiary alicyclic amines) is 2. The first kappa shape index (κ1) is 20.5. The van der Waals surface area contributed by atoms with Crippen LogP contribution in [0.5, 0.6) is 0 Å². The number of rotatable bonds is 5. The molecule has 0 spiro atoms. The molecule has 5 rings (SSSR count). The predicted octanol–water partition coefficient (Wildman–Crippen LogP) is -0.256. The number of carbonyl (C=O) groups excluding carboxylic acids is 2. The van der Waals surface area contributed by atoms with Gasteiger partial charge in [-0.3, -0.25) is 14.5 Å². The van der Waals surface area contributed by atoms with Gasteiger partial charge in [0.15, 0.2) is 5.82 Å². The normalized spacial score (nSPS) is 28.3. The number of nitrogens with zero attached hydrogens (tertiary/aromatic N) is 7. The fourth-order valence-electron chi connectivity index (χ4n) is 5.22. The number of benzene rings is 1. The van der Waals surface area contributed by atoms with Gasteiger partial charge >= 0.3 is 0 Å². The first-order valence-corrected chi connectivity index (χ1v) is 10.8. The number of tetrazole rings is 1. The van der Waals surface area contributed by atoms with E-state index >= 15 is 0 Å². The average molecular weight is 435 g/mol. The van der Waals surface area contributed by atoms with Crippen molar-refractivity contribution in [3.05, 3.63) is 24.3 Å². The smallest absolute Gasteiger partial charge is 0.244 e. The second-order valence-corrected chi connectivity index (χ2v) is 8.95. The van der Waals surface area contributed by atoms with E-state index in [1.807, 2.05) is 41.0 Å². The minimum atomic E-state index is -0.744. The van der Waals surface area contributed by atoms with E-state index in [-0.39, 0.29) is 23.9 Å². The molecule has 2 amide bonds. The van der Waals surface area contributed by atoms with Crippen molar-refractivity contribution in [2.45, 2.75) is 43.9 Å². The van der Waals surface area contributed by atoms with Crippen LogP contribution in [0.3, 0.4) is 0 Å². The molecule has 3 fully saturated rings. The molecule has 32 heavy (non-hydrogen) atoms. The van der Waals surface area contributed by atoms with Gasteiger partial charge in [-0.2, -0.15) is 5.26 Å². The van der Waals surface area contributed by atoms with E-state index in [1.165, 1.54) is 0 Å². The van der Waals surface area contributed by atoms with Gasteiger partial charge in [-0.05, 0) is 53.5 Å². The zero-order valence-electron chi connectivity index (χ0n) is 17.8. The van der Waals surface area contributed by atoms with Crippen LogP contribution in [0.2, 0.25) is 0 Å². The quantitative estimate of drug-likeness (QED) is 0.653. The molecule has 0 radical (unpaired) electrons. The second kappa shape index (κ2) is 7.96. The highest BCUT2D eigenvalue weighted by atomic mass is 16.2. The van der Waals surface area contributed by atoms with Crippen molar-refractivity contribution in [2.24, 2.45) is 11.7 Å². The Kier molecular flexibility index (Phi) is 5.11. The molecule has 11 heteroatoms. The van der Waals surface area contributed by atoms with Crippen LogP contribution in [-0.2, 0) is 9.59 Å². The molecule has 0 saturated carbocycles. The monoisotopic (exact) mass is 435 g/mol. The molecule has 1 aromatic carbocycles. The second-order valence-electron chi connectivity index (χ2n) is 8.95. The zero-order valence-corrected chi connectivity index (χ0v) is 17.8. The third-order valence-corrected chi connectivity index (χ3v) is 6.72. The lowest BCUT2D eigenvalue weighted by molar-refractivity contribution is -0.134. The number of nitrogens with two attached hydrogens (primary N) is 1. The fraction of sp³-hybridized carbons (Fsp3) is 0.524. The molecule has 3 aliphatic heterocycles. The van der Waals surface area contributed by atoms with E-state index in [9.17, 15) is 14.9 Å². The molecule has 0 aliphatic carbocycles. The highest BCUT2D eigenvalue weighted by Crippen LogP contribution is 2.36. The van der Waals surface area contributed by atoms with Gasteiger partial charge in [-0.25, -0.2) is 5.10 Å². The number of nitrogens with one attached hydrogen (secondary N) is 1. The topological polar surface area (TPSA) is 148 Å². The maximum atomic E-state index is 13.1. The number of aromatic amines is 1. The molecular formula is C21H25N9O2. The first-order valence-electron chi connectivity index (χ1n) is 10.8. The van der Waals surface area contributed by atoms with E-state index in [2.05, 4.69) is 26.7 Å².